The predicted octanol–water partition coefficient (Wildman–Crippen LogP) is 0.546. The van der Waals surface area contributed by atoms with Crippen LogP contribution in [0.1, 0.15) is 0 Å². The van der Waals surface area contributed by atoms with Crippen LogP contribution in [0, 0.1) is 0 Å². The van der Waals surface area contributed by atoms with E-state index in [0.29, 0.717) is 0 Å². The molecule has 5 heavy (non-hydrogen) atoms. The molecule has 0 aliphatic heterocycles. The van der Waals surface area contributed by atoms with E-state index in [1.165, 1.54) is 0 Å². The fourth-order valence-electron chi connectivity index (χ4n) is 0. The van der Waals surface area contributed by atoms with Crippen molar-refractivity contribution in [2.24, 2.45) is 0 Å². The Hall–Kier alpha value is 0.596. The summed E-state index contributed by atoms with van der Waals surface area (Å²) in [5, 5.41) is 0. The summed E-state index contributed by atoms with van der Waals surface area (Å²) in [6, 6.07) is 0. The molecule has 0 rings (SSSR count). The molecule has 0 spiro atoms. The second kappa shape index (κ2) is 4.60. The first kappa shape index (κ1) is 9.14. The van der Waals surface area contributed by atoms with E-state index in [0.717, 1.165) is 0 Å². The molecule has 0 aliphatic carbocycles. The van der Waals surface area contributed by atoms with Gasteiger partial charge in [-0.05, 0) is 0 Å². The Labute approximate surface area is 38.7 Å². The van der Waals surface area contributed by atoms with Gasteiger partial charge in [0.15, 0.2) is 0 Å². The zero-order chi connectivity index (χ0) is 3.58. The number of hydrogen-bond donors (Lipinski definition) is 0. The molecule has 0 aromatic heterocycles. The van der Waals surface area contributed by atoms with Crippen LogP contribution in [-0.2, 0) is 0 Å². The maximum absolute atomic E-state index is 2.35. The standard InChI is InChI=1S/3CH3.Ga.H2O/h3*1H3;;1H2. The molecular weight excluding hydrogens is 122 g/mol. The van der Waals surface area contributed by atoms with Crippen molar-refractivity contribution in [2.45, 2.75) is 16.4 Å². The van der Waals surface area contributed by atoms with Crippen LogP contribution in [0.15, 0.2) is 0 Å². The van der Waals surface area contributed by atoms with Crippen molar-refractivity contribution < 1.29 is 5.48 Å². The van der Waals surface area contributed by atoms with Gasteiger partial charge in [0.1, 0.15) is 0 Å². The summed E-state index contributed by atoms with van der Waals surface area (Å²) >= 11 is -0.479. The normalized spacial score (nSPS) is 5.40. The molecule has 32 valence electrons. The van der Waals surface area contributed by atoms with Gasteiger partial charge in [-0.3, -0.25) is 0 Å². The molecule has 0 aliphatic rings. The molecule has 0 heterocycles. The van der Waals surface area contributed by atoms with Gasteiger partial charge in [-0.1, -0.05) is 0 Å². The van der Waals surface area contributed by atoms with Gasteiger partial charge >= 0.3 is 32.7 Å². The van der Waals surface area contributed by atoms with E-state index in [2.05, 4.69) is 16.4 Å². The minimum atomic E-state index is -0.479. The van der Waals surface area contributed by atoms with Crippen LogP contribution in [0.4, 0.5) is 0 Å². The summed E-state index contributed by atoms with van der Waals surface area (Å²) in [5.74, 6) is 0. The molecule has 0 fully saturated rings. The summed E-state index contributed by atoms with van der Waals surface area (Å²) in [6.45, 7) is 0. The van der Waals surface area contributed by atoms with Crippen LogP contribution in [0.3, 0.4) is 0 Å². The van der Waals surface area contributed by atoms with E-state index in [-0.39, 0.29) is 5.48 Å². The van der Waals surface area contributed by atoms with Crippen molar-refractivity contribution in [1.29, 1.82) is 0 Å². The fraction of sp³-hybridized carbons (Fsp3) is 1.00. The summed E-state index contributed by atoms with van der Waals surface area (Å²) in [7, 11) is 0. The minimum absolute atomic E-state index is 0. The van der Waals surface area contributed by atoms with Crippen LogP contribution < -0.4 is 0 Å². The molecule has 0 amide bonds. The van der Waals surface area contributed by atoms with Crippen LogP contribution in [0.2, 0.25) is 16.4 Å². The zero-order valence-electron chi connectivity index (χ0n) is 4.08. The Morgan fingerprint density at radius 1 is 1.00 bits per heavy atom. The number of rotatable bonds is 0. The molecule has 0 aromatic carbocycles. The molecule has 0 unspecified atom stereocenters. The predicted molar refractivity (Wildman–Crippen MR) is 27.0 cm³/mol. The van der Waals surface area contributed by atoms with Crippen LogP contribution in [0.25, 0.3) is 0 Å². The summed E-state index contributed by atoms with van der Waals surface area (Å²) in [6.07, 6.45) is 0. The first-order valence-corrected chi connectivity index (χ1v) is 9.00. The molecule has 0 atom stereocenters. The van der Waals surface area contributed by atoms with Crippen molar-refractivity contribution in [3.8, 4) is 0 Å². The Balaban J connectivity index is 0. The topological polar surface area (TPSA) is 31.5 Å². The van der Waals surface area contributed by atoms with Gasteiger partial charge in [0.25, 0.3) is 0 Å². The van der Waals surface area contributed by atoms with E-state index < -0.39 is 16.2 Å². The van der Waals surface area contributed by atoms with Crippen molar-refractivity contribution in [1.82, 2.24) is 0 Å². The van der Waals surface area contributed by atoms with Gasteiger partial charge in [0.05, 0.1) is 0 Å². The molecule has 0 aromatic rings. The first-order chi connectivity index (χ1) is 1.73. The second-order valence-corrected chi connectivity index (χ2v) is 9.00. The van der Waals surface area contributed by atoms with E-state index >= 15 is 0 Å². The van der Waals surface area contributed by atoms with Crippen molar-refractivity contribution in [3.05, 3.63) is 0 Å². The summed E-state index contributed by atoms with van der Waals surface area (Å²) in [4.78, 5) is 0. The molecule has 0 saturated carbocycles. The van der Waals surface area contributed by atoms with Crippen molar-refractivity contribution in [3.63, 3.8) is 0 Å². The Morgan fingerprint density at radius 2 is 1.00 bits per heavy atom. The average molecular weight is 133 g/mol. The maximum atomic E-state index is 2.35. The van der Waals surface area contributed by atoms with E-state index in [4.69, 9.17) is 0 Å². The third kappa shape index (κ3) is 87.1. The molecule has 2 N–H and O–H groups in total. The zero-order valence-corrected chi connectivity index (χ0v) is 6.50. The van der Waals surface area contributed by atoms with Gasteiger partial charge in [0, 0.05) is 0 Å². The third-order valence-corrected chi connectivity index (χ3v) is 0. The Kier molecular flexibility index (Phi) is 8.40. The van der Waals surface area contributed by atoms with Gasteiger partial charge in [-0.2, -0.15) is 0 Å². The second-order valence-electron chi connectivity index (χ2n) is 1.73. The Morgan fingerprint density at radius 3 is 1.00 bits per heavy atom. The summed E-state index contributed by atoms with van der Waals surface area (Å²) in [5.41, 5.74) is 7.06. The SMILES string of the molecule is O.[CH3][Ga]([CH3])[CH3]. The first-order valence-electron chi connectivity index (χ1n) is 1.73. The van der Waals surface area contributed by atoms with E-state index in [1.807, 2.05) is 0 Å². The van der Waals surface area contributed by atoms with Crippen molar-refractivity contribution in [2.75, 3.05) is 0 Å². The monoisotopic (exact) mass is 132 g/mol. The van der Waals surface area contributed by atoms with Crippen LogP contribution >= 0.6 is 0 Å². The molecule has 0 bridgehead atoms. The molecule has 0 saturated heterocycles. The van der Waals surface area contributed by atoms with Gasteiger partial charge in [-0.15, -0.1) is 0 Å². The fourth-order valence-corrected chi connectivity index (χ4v) is 0. The molecule has 0 radical (unpaired) electrons. The quantitative estimate of drug-likeness (QED) is 0.432. The molecular formula is C3H11GaO. The van der Waals surface area contributed by atoms with E-state index in [1.54, 1.807) is 0 Å². The van der Waals surface area contributed by atoms with Crippen molar-refractivity contribution >= 4 is 16.2 Å². The van der Waals surface area contributed by atoms with Gasteiger partial charge in [-0.25, -0.2) is 0 Å². The van der Waals surface area contributed by atoms with Crippen LogP contribution in [-0.4, -0.2) is 21.7 Å². The molecule has 2 heteroatoms. The number of hydrogen-bond acceptors (Lipinski definition) is 0. The van der Waals surface area contributed by atoms with Gasteiger partial charge in [0.2, 0.25) is 0 Å². The summed E-state index contributed by atoms with van der Waals surface area (Å²) < 4.78 is 0. The van der Waals surface area contributed by atoms with Crippen LogP contribution in [0.5, 0.6) is 0 Å². The third-order valence-electron chi connectivity index (χ3n) is 0. The van der Waals surface area contributed by atoms with Gasteiger partial charge < -0.3 is 5.48 Å². The van der Waals surface area contributed by atoms with E-state index in [9.17, 15) is 0 Å². The Bertz CT molecular complexity index is 11.6. The average Bonchev–Trinajstić information content (AvgIpc) is 0.811. The molecule has 1 nitrogen and oxygen atoms in total.